The summed E-state index contributed by atoms with van der Waals surface area (Å²) < 4.78 is 0. The molecule has 0 aromatic rings. The zero-order chi connectivity index (χ0) is 6.69. The van der Waals surface area contributed by atoms with Gasteiger partial charge in [0.05, 0.1) is 0 Å². The van der Waals surface area contributed by atoms with Crippen LogP contribution in [0.15, 0.2) is 17.2 Å². The van der Waals surface area contributed by atoms with Gasteiger partial charge in [0.1, 0.15) is 0 Å². The van der Waals surface area contributed by atoms with Crippen molar-refractivity contribution in [3.05, 3.63) is 23.3 Å². The van der Waals surface area contributed by atoms with Crippen LogP contribution in [0.3, 0.4) is 0 Å². The van der Waals surface area contributed by atoms with Crippen molar-refractivity contribution in [3.63, 3.8) is 0 Å². The van der Waals surface area contributed by atoms with Gasteiger partial charge >= 0.3 is 0 Å². The van der Waals surface area contributed by atoms with Crippen molar-refractivity contribution < 1.29 is 25.8 Å². The third-order valence-corrected chi connectivity index (χ3v) is 1.85. The Balaban J connectivity index is -0.000000270. The maximum atomic E-state index is 3.23. The molecule has 0 unspecified atom stereocenters. The maximum absolute atomic E-state index is 3.23. The maximum Gasteiger partial charge on any atom is 0 e. The van der Waals surface area contributed by atoms with E-state index in [9.17, 15) is 0 Å². The number of hydrogen-bond donors (Lipinski definition) is 0. The van der Waals surface area contributed by atoms with Crippen molar-refractivity contribution >= 4 is 24.8 Å². The zero-order valence-electron chi connectivity index (χ0n) is 7.52. The molecule has 1 aliphatic rings. The SMILES string of the molecule is CCC1=C(CC)C[C-]=C1.Cl.Cl.[Hf]. The molecule has 0 atom stereocenters. The second-order valence-corrected chi connectivity index (χ2v) is 2.36. The van der Waals surface area contributed by atoms with E-state index in [4.69, 9.17) is 0 Å². The van der Waals surface area contributed by atoms with Crippen LogP contribution >= 0.6 is 24.8 Å². The number of rotatable bonds is 2. The van der Waals surface area contributed by atoms with Crippen LogP contribution in [0.5, 0.6) is 0 Å². The third kappa shape index (κ3) is 4.84. The smallest absolute Gasteiger partial charge is 0 e. The Hall–Kier alpha value is 0.930. The first-order valence-corrected chi connectivity index (χ1v) is 3.66. The summed E-state index contributed by atoms with van der Waals surface area (Å²) in [6, 6.07) is 0. The fourth-order valence-electron chi connectivity index (χ4n) is 1.22. The topological polar surface area (TPSA) is 0 Å². The largest absolute Gasteiger partial charge is 0.272 e. The normalized spacial score (nSPS) is 13.2. The Morgan fingerprint density at radius 3 is 2.17 bits per heavy atom. The molecule has 0 radical (unpaired) electrons. The van der Waals surface area contributed by atoms with Crippen LogP contribution in [-0.2, 0) is 25.8 Å². The molecular formula is C9H15Cl2Hf-. The van der Waals surface area contributed by atoms with E-state index in [1.807, 2.05) is 0 Å². The van der Waals surface area contributed by atoms with Crippen LogP contribution in [-0.4, -0.2) is 0 Å². The molecule has 0 fully saturated rings. The summed E-state index contributed by atoms with van der Waals surface area (Å²) in [5.74, 6) is 0. The number of hydrogen-bond acceptors (Lipinski definition) is 0. The Bertz CT molecular complexity index is 162. The van der Waals surface area contributed by atoms with Crippen LogP contribution < -0.4 is 0 Å². The molecule has 0 spiro atoms. The van der Waals surface area contributed by atoms with E-state index in [1.54, 1.807) is 5.57 Å². The predicted molar refractivity (Wildman–Crippen MR) is 54.5 cm³/mol. The first-order chi connectivity index (χ1) is 4.38. The van der Waals surface area contributed by atoms with Crippen molar-refractivity contribution in [2.75, 3.05) is 0 Å². The van der Waals surface area contributed by atoms with Crippen LogP contribution in [0.1, 0.15) is 33.1 Å². The van der Waals surface area contributed by atoms with Crippen LogP contribution in [0.25, 0.3) is 0 Å². The van der Waals surface area contributed by atoms with Crippen molar-refractivity contribution in [2.24, 2.45) is 0 Å². The molecule has 0 N–H and O–H groups in total. The Kier molecular flexibility index (Phi) is 15.6. The van der Waals surface area contributed by atoms with Crippen LogP contribution in [0, 0.1) is 6.08 Å². The molecule has 12 heavy (non-hydrogen) atoms. The summed E-state index contributed by atoms with van der Waals surface area (Å²) in [5, 5.41) is 0. The van der Waals surface area contributed by atoms with E-state index in [2.05, 4.69) is 26.0 Å². The van der Waals surface area contributed by atoms with Gasteiger partial charge in [-0.25, -0.2) is 6.08 Å². The molecule has 0 bridgehead atoms. The van der Waals surface area contributed by atoms with E-state index in [0.717, 1.165) is 6.42 Å². The van der Waals surface area contributed by atoms with Crippen LogP contribution in [0.2, 0.25) is 0 Å². The van der Waals surface area contributed by atoms with Gasteiger partial charge in [-0.15, -0.1) is 31.2 Å². The molecule has 0 aromatic heterocycles. The van der Waals surface area contributed by atoms with Gasteiger partial charge in [-0.1, -0.05) is 26.7 Å². The Morgan fingerprint density at radius 1 is 1.25 bits per heavy atom. The molecular weight excluding hydrogens is 357 g/mol. The summed E-state index contributed by atoms with van der Waals surface area (Å²) in [5.41, 5.74) is 3.09. The molecule has 0 aromatic carbocycles. The minimum Gasteiger partial charge on any atom is -0.272 e. The second kappa shape index (κ2) is 10.0. The fourth-order valence-corrected chi connectivity index (χ4v) is 1.22. The fraction of sp³-hybridized carbons (Fsp3) is 0.556. The van der Waals surface area contributed by atoms with Gasteiger partial charge in [0, 0.05) is 25.8 Å². The molecule has 1 rings (SSSR count). The minimum atomic E-state index is 0. The van der Waals surface area contributed by atoms with Gasteiger partial charge in [0.15, 0.2) is 0 Å². The van der Waals surface area contributed by atoms with Crippen LogP contribution in [0.4, 0.5) is 0 Å². The summed E-state index contributed by atoms with van der Waals surface area (Å²) in [7, 11) is 0. The molecule has 70 valence electrons. The van der Waals surface area contributed by atoms with Crippen molar-refractivity contribution in [1.82, 2.24) is 0 Å². The average molecular weight is 373 g/mol. The average Bonchev–Trinajstić information content (AvgIpc) is 2.33. The summed E-state index contributed by atoms with van der Waals surface area (Å²) in [4.78, 5) is 0. The quantitative estimate of drug-likeness (QED) is 0.512. The molecule has 0 saturated carbocycles. The molecule has 1 aliphatic carbocycles. The summed E-state index contributed by atoms with van der Waals surface area (Å²) in [6.45, 7) is 4.42. The molecule has 0 heterocycles. The standard InChI is InChI=1S/C9H13.2ClH.Hf/c1-3-8-6-5-7-9(8)4-2;;;/h6H,3-4,7H2,1-2H3;2*1H;/q-1;;;. The summed E-state index contributed by atoms with van der Waals surface area (Å²) >= 11 is 0. The van der Waals surface area contributed by atoms with E-state index >= 15 is 0 Å². The monoisotopic (exact) mass is 373 g/mol. The summed E-state index contributed by atoms with van der Waals surface area (Å²) in [6.07, 6.45) is 8.82. The molecule has 0 amide bonds. The van der Waals surface area contributed by atoms with E-state index in [1.165, 1.54) is 18.4 Å². The van der Waals surface area contributed by atoms with Gasteiger partial charge < -0.3 is 0 Å². The van der Waals surface area contributed by atoms with E-state index in [-0.39, 0.29) is 50.7 Å². The van der Waals surface area contributed by atoms with Gasteiger partial charge in [-0.3, -0.25) is 6.08 Å². The van der Waals surface area contributed by atoms with E-state index < -0.39 is 0 Å². The zero-order valence-corrected chi connectivity index (χ0v) is 12.7. The first kappa shape index (κ1) is 18.7. The van der Waals surface area contributed by atoms with Crippen molar-refractivity contribution in [3.8, 4) is 0 Å². The van der Waals surface area contributed by atoms with Gasteiger partial charge in [-0.2, -0.15) is 11.1 Å². The first-order valence-electron chi connectivity index (χ1n) is 3.66. The predicted octanol–water partition coefficient (Wildman–Crippen LogP) is 3.71. The molecule has 3 heteroatoms. The van der Waals surface area contributed by atoms with Gasteiger partial charge in [0.2, 0.25) is 0 Å². The number of allylic oxidation sites excluding steroid dienone is 4. The number of halogens is 2. The van der Waals surface area contributed by atoms with Gasteiger partial charge in [0.25, 0.3) is 0 Å². The molecule has 0 saturated heterocycles. The van der Waals surface area contributed by atoms with Crippen molar-refractivity contribution in [2.45, 2.75) is 33.1 Å². The second-order valence-electron chi connectivity index (χ2n) is 2.36. The third-order valence-electron chi connectivity index (χ3n) is 1.85. The molecule has 0 aliphatic heterocycles. The minimum absolute atomic E-state index is 0. The Labute approximate surface area is 106 Å². The van der Waals surface area contributed by atoms with Gasteiger partial charge in [-0.05, 0) is 0 Å². The Morgan fingerprint density at radius 2 is 1.83 bits per heavy atom. The van der Waals surface area contributed by atoms with Crippen molar-refractivity contribution in [1.29, 1.82) is 0 Å². The molecule has 0 nitrogen and oxygen atoms in total. The van der Waals surface area contributed by atoms with E-state index in [0.29, 0.717) is 0 Å².